The standard InChI is InChI=1S/C13H21N3O2S/c1-3-6-15-12(17)11-9(14)10(18-2)13(19-11)16-7-8-4-5-8/h8,16H,3-7,14H2,1-2H3,(H,15,17). The van der Waals surface area contributed by atoms with Crippen LogP contribution in [0.5, 0.6) is 5.75 Å². The van der Waals surface area contributed by atoms with Crippen LogP contribution in [-0.2, 0) is 0 Å². The van der Waals surface area contributed by atoms with E-state index in [2.05, 4.69) is 10.6 Å². The smallest absolute Gasteiger partial charge is 0.263 e. The summed E-state index contributed by atoms with van der Waals surface area (Å²) < 4.78 is 5.31. The van der Waals surface area contributed by atoms with Crippen LogP contribution in [0.15, 0.2) is 0 Å². The van der Waals surface area contributed by atoms with Crippen molar-refractivity contribution in [1.29, 1.82) is 0 Å². The number of hydrogen-bond donors (Lipinski definition) is 3. The number of nitrogens with two attached hydrogens (primary N) is 1. The van der Waals surface area contributed by atoms with Gasteiger partial charge in [0.05, 0.1) is 7.11 Å². The number of carbonyl (C=O) groups excluding carboxylic acids is 1. The number of hydrogen-bond acceptors (Lipinski definition) is 5. The summed E-state index contributed by atoms with van der Waals surface area (Å²) in [5, 5.41) is 7.03. The van der Waals surface area contributed by atoms with E-state index in [1.165, 1.54) is 24.2 Å². The lowest BCUT2D eigenvalue weighted by molar-refractivity contribution is 0.0958. The van der Waals surface area contributed by atoms with Crippen molar-refractivity contribution in [2.24, 2.45) is 5.92 Å². The number of thiophene rings is 1. The molecular weight excluding hydrogens is 262 g/mol. The van der Waals surface area contributed by atoms with Crippen LogP contribution >= 0.6 is 11.3 Å². The first kappa shape index (κ1) is 14.0. The molecule has 0 unspecified atom stereocenters. The average molecular weight is 283 g/mol. The second kappa shape index (κ2) is 6.14. The van der Waals surface area contributed by atoms with Crippen LogP contribution in [0.3, 0.4) is 0 Å². The van der Waals surface area contributed by atoms with Gasteiger partial charge in [-0.2, -0.15) is 0 Å². The number of amides is 1. The molecule has 0 saturated heterocycles. The third-order valence-corrected chi connectivity index (χ3v) is 4.24. The molecule has 0 aromatic carbocycles. The molecule has 2 rings (SSSR count). The average Bonchev–Trinajstić information content (AvgIpc) is 3.17. The fourth-order valence-corrected chi connectivity index (χ4v) is 2.81. The maximum Gasteiger partial charge on any atom is 0.263 e. The molecule has 0 radical (unpaired) electrons. The van der Waals surface area contributed by atoms with E-state index in [1.807, 2.05) is 6.92 Å². The minimum atomic E-state index is -0.123. The summed E-state index contributed by atoms with van der Waals surface area (Å²) in [7, 11) is 1.58. The van der Waals surface area contributed by atoms with E-state index in [9.17, 15) is 4.79 Å². The van der Waals surface area contributed by atoms with Gasteiger partial charge in [0.25, 0.3) is 5.91 Å². The molecule has 1 aromatic heterocycles. The molecule has 0 atom stereocenters. The SMILES string of the molecule is CCCNC(=O)c1sc(NCC2CC2)c(OC)c1N. The van der Waals surface area contributed by atoms with Gasteiger partial charge in [-0.1, -0.05) is 6.92 Å². The Morgan fingerprint density at radius 1 is 1.53 bits per heavy atom. The summed E-state index contributed by atoms with van der Waals surface area (Å²) in [6, 6.07) is 0. The topological polar surface area (TPSA) is 76.4 Å². The van der Waals surface area contributed by atoms with E-state index in [1.54, 1.807) is 7.11 Å². The third-order valence-electron chi connectivity index (χ3n) is 3.09. The zero-order chi connectivity index (χ0) is 13.8. The molecule has 0 spiro atoms. The van der Waals surface area contributed by atoms with Crippen LogP contribution in [0.4, 0.5) is 10.7 Å². The van der Waals surface area contributed by atoms with Gasteiger partial charge < -0.3 is 21.1 Å². The Morgan fingerprint density at radius 2 is 2.26 bits per heavy atom. The molecule has 19 heavy (non-hydrogen) atoms. The van der Waals surface area contributed by atoms with Crippen LogP contribution in [0.25, 0.3) is 0 Å². The first-order valence-electron chi connectivity index (χ1n) is 6.65. The third kappa shape index (κ3) is 3.32. The molecule has 5 nitrogen and oxygen atoms in total. The van der Waals surface area contributed by atoms with E-state index in [0.717, 1.165) is 23.9 Å². The van der Waals surface area contributed by atoms with Crippen LogP contribution < -0.4 is 21.1 Å². The molecule has 0 bridgehead atoms. The lowest BCUT2D eigenvalue weighted by atomic mass is 10.3. The Bertz CT molecular complexity index is 455. The first-order valence-corrected chi connectivity index (χ1v) is 7.47. The second-order valence-electron chi connectivity index (χ2n) is 4.79. The number of methoxy groups -OCH3 is 1. The van der Waals surface area contributed by atoms with Crippen molar-refractivity contribution in [3.8, 4) is 5.75 Å². The highest BCUT2D eigenvalue weighted by Gasteiger charge is 2.25. The molecule has 1 heterocycles. The number of rotatable bonds is 7. The first-order chi connectivity index (χ1) is 9.17. The summed E-state index contributed by atoms with van der Waals surface area (Å²) >= 11 is 1.37. The Kier molecular flexibility index (Phi) is 4.52. The largest absolute Gasteiger partial charge is 0.492 e. The zero-order valence-electron chi connectivity index (χ0n) is 11.4. The molecule has 1 aromatic rings. The number of ether oxygens (including phenoxy) is 1. The fraction of sp³-hybridized carbons (Fsp3) is 0.615. The maximum absolute atomic E-state index is 12.0. The number of carbonyl (C=O) groups is 1. The fourth-order valence-electron chi connectivity index (χ4n) is 1.79. The highest BCUT2D eigenvalue weighted by Crippen LogP contribution is 2.43. The van der Waals surface area contributed by atoms with Crippen molar-refractivity contribution in [1.82, 2.24) is 5.32 Å². The summed E-state index contributed by atoms with van der Waals surface area (Å²) in [6.07, 6.45) is 3.46. The van der Waals surface area contributed by atoms with E-state index in [-0.39, 0.29) is 5.91 Å². The van der Waals surface area contributed by atoms with Crippen LogP contribution in [0.2, 0.25) is 0 Å². The Morgan fingerprint density at radius 3 is 2.84 bits per heavy atom. The number of nitrogens with one attached hydrogen (secondary N) is 2. The van der Waals surface area contributed by atoms with E-state index < -0.39 is 0 Å². The molecule has 1 aliphatic carbocycles. The van der Waals surface area contributed by atoms with Gasteiger partial charge in [-0.25, -0.2) is 0 Å². The number of nitrogen functional groups attached to an aromatic ring is 1. The van der Waals surface area contributed by atoms with Crippen LogP contribution in [0.1, 0.15) is 35.9 Å². The predicted octanol–water partition coefficient (Wildman–Crippen LogP) is 2.30. The quantitative estimate of drug-likeness (QED) is 0.717. The molecular formula is C13H21N3O2S. The zero-order valence-corrected chi connectivity index (χ0v) is 12.2. The Labute approximate surface area is 117 Å². The van der Waals surface area contributed by atoms with Crippen LogP contribution in [-0.4, -0.2) is 26.1 Å². The molecule has 6 heteroatoms. The predicted molar refractivity (Wildman–Crippen MR) is 79.1 cm³/mol. The lowest BCUT2D eigenvalue weighted by Crippen LogP contribution is -2.23. The summed E-state index contributed by atoms with van der Waals surface area (Å²) in [5.74, 6) is 1.22. The molecule has 4 N–H and O–H groups in total. The van der Waals surface area contributed by atoms with Gasteiger partial charge in [0, 0.05) is 13.1 Å². The van der Waals surface area contributed by atoms with Crippen molar-refractivity contribution in [2.45, 2.75) is 26.2 Å². The molecule has 106 valence electrons. The maximum atomic E-state index is 12.0. The molecule has 1 aliphatic rings. The molecule has 0 aliphatic heterocycles. The van der Waals surface area contributed by atoms with Crippen molar-refractivity contribution in [3.05, 3.63) is 4.88 Å². The minimum absolute atomic E-state index is 0.123. The van der Waals surface area contributed by atoms with Crippen molar-refractivity contribution >= 4 is 27.9 Å². The Balaban J connectivity index is 2.11. The highest BCUT2D eigenvalue weighted by atomic mass is 32.1. The normalized spacial score (nSPS) is 14.2. The van der Waals surface area contributed by atoms with Crippen molar-refractivity contribution in [3.63, 3.8) is 0 Å². The van der Waals surface area contributed by atoms with Crippen LogP contribution in [0, 0.1) is 5.92 Å². The van der Waals surface area contributed by atoms with Gasteiger partial charge in [-0.15, -0.1) is 11.3 Å². The molecule has 1 fully saturated rings. The number of anilines is 2. The van der Waals surface area contributed by atoms with Crippen molar-refractivity contribution < 1.29 is 9.53 Å². The summed E-state index contributed by atoms with van der Waals surface area (Å²) in [4.78, 5) is 12.5. The van der Waals surface area contributed by atoms with Gasteiger partial charge in [0.2, 0.25) is 0 Å². The van der Waals surface area contributed by atoms with Gasteiger partial charge in [0.15, 0.2) is 5.75 Å². The van der Waals surface area contributed by atoms with Gasteiger partial charge in [-0.3, -0.25) is 4.79 Å². The van der Waals surface area contributed by atoms with E-state index in [0.29, 0.717) is 22.9 Å². The van der Waals surface area contributed by atoms with Crippen molar-refractivity contribution in [2.75, 3.05) is 31.2 Å². The van der Waals surface area contributed by atoms with Gasteiger partial charge >= 0.3 is 0 Å². The lowest BCUT2D eigenvalue weighted by Gasteiger charge is -2.05. The second-order valence-corrected chi connectivity index (χ2v) is 5.81. The molecule has 1 saturated carbocycles. The summed E-state index contributed by atoms with van der Waals surface area (Å²) in [6.45, 7) is 3.59. The monoisotopic (exact) mass is 283 g/mol. The van der Waals surface area contributed by atoms with Gasteiger partial charge in [0.1, 0.15) is 15.6 Å². The van der Waals surface area contributed by atoms with Gasteiger partial charge in [-0.05, 0) is 25.2 Å². The van der Waals surface area contributed by atoms with E-state index in [4.69, 9.17) is 10.5 Å². The minimum Gasteiger partial charge on any atom is -0.492 e. The highest BCUT2D eigenvalue weighted by molar-refractivity contribution is 7.19. The van der Waals surface area contributed by atoms with E-state index >= 15 is 0 Å². The summed E-state index contributed by atoms with van der Waals surface area (Å²) in [5.41, 5.74) is 6.42. The molecule has 1 amide bonds. The Hall–Kier alpha value is -1.43.